The van der Waals surface area contributed by atoms with Crippen LogP contribution in [-0.4, -0.2) is 70.9 Å². The SMILES string of the molecule is N#Cc1nnc(S[C@H]2OC(CO)[C@H](O)[C@H](n3cc(-c4cc(F)c(F)c(F)c4)nn3)C2O)cc1Cl. The van der Waals surface area contributed by atoms with Gasteiger partial charge in [-0.25, -0.2) is 17.9 Å². The number of aromatic nitrogens is 5. The lowest BCUT2D eigenvalue weighted by Gasteiger charge is -2.41. The Labute approximate surface area is 198 Å². The minimum atomic E-state index is -1.64. The maximum absolute atomic E-state index is 13.6. The van der Waals surface area contributed by atoms with Crippen molar-refractivity contribution in [3.05, 3.63) is 52.6 Å². The summed E-state index contributed by atoms with van der Waals surface area (Å²) in [6.45, 7) is -0.614. The van der Waals surface area contributed by atoms with Crippen LogP contribution in [0.5, 0.6) is 0 Å². The highest BCUT2D eigenvalue weighted by Gasteiger charge is 2.46. The molecule has 0 bridgehead atoms. The number of hydrogen-bond acceptors (Lipinski definition) is 10. The van der Waals surface area contributed by atoms with Crippen LogP contribution in [0.4, 0.5) is 13.2 Å². The first-order valence-corrected chi connectivity index (χ1v) is 10.8. The highest BCUT2D eigenvalue weighted by Crippen LogP contribution is 2.38. The molecule has 1 aliphatic rings. The molecule has 4 rings (SSSR count). The van der Waals surface area contributed by atoms with Gasteiger partial charge in [0, 0.05) is 5.56 Å². The molecule has 10 nitrogen and oxygen atoms in total. The molecule has 1 fully saturated rings. The van der Waals surface area contributed by atoms with Crippen LogP contribution in [0.25, 0.3) is 11.3 Å². The minimum absolute atomic E-state index is 0.0280. The smallest absolute Gasteiger partial charge is 0.194 e. The number of aliphatic hydroxyl groups excluding tert-OH is 3. The molecule has 2 aromatic heterocycles. The first kappa shape index (κ1) is 24.3. The topological polar surface area (TPSA) is 150 Å². The predicted octanol–water partition coefficient (Wildman–Crippen LogP) is 1.45. The van der Waals surface area contributed by atoms with Crippen LogP contribution >= 0.6 is 23.4 Å². The molecule has 1 aromatic carbocycles. The Balaban J connectivity index is 1.63. The van der Waals surface area contributed by atoms with E-state index in [2.05, 4.69) is 20.5 Å². The van der Waals surface area contributed by atoms with Crippen molar-refractivity contribution in [1.82, 2.24) is 25.2 Å². The molecule has 15 heteroatoms. The predicted molar refractivity (Wildman–Crippen MR) is 110 cm³/mol. The van der Waals surface area contributed by atoms with Gasteiger partial charge in [-0.15, -0.1) is 15.3 Å². The van der Waals surface area contributed by atoms with E-state index in [1.807, 2.05) is 0 Å². The summed E-state index contributed by atoms with van der Waals surface area (Å²) < 4.78 is 47.1. The maximum atomic E-state index is 13.6. The van der Waals surface area contributed by atoms with Crippen LogP contribution in [0.3, 0.4) is 0 Å². The Kier molecular flexibility index (Phi) is 7.03. The molecular weight excluding hydrogens is 501 g/mol. The third kappa shape index (κ3) is 4.58. The van der Waals surface area contributed by atoms with E-state index < -0.39 is 53.8 Å². The monoisotopic (exact) mass is 514 g/mol. The molecule has 1 aliphatic heterocycles. The van der Waals surface area contributed by atoms with E-state index in [9.17, 15) is 28.5 Å². The zero-order valence-corrected chi connectivity index (χ0v) is 18.3. The fourth-order valence-electron chi connectivity index (χ4n) is 3.34. The third-order valence-electron chi connectivity index (χ3n) is 5.01. The summed E-state index contributed by atoms with van der Waals surface area (Å²) >= 11 is 6.83. The van der Waals surface area contributed by atoms with Gasteiger partial charge in [-0.2, -0.15) is 5.26 Å². The van der Waals surface area contributed by atoms with Crippen molar-refractivity contribution in [3.63, 3.8) is 0 Å². The number of aliphatic hydroxyl groups is 3. The van der Waals surface area contributed by atoms with Crippen molar-refractivity contribution < 1.29 is 33.2 Å². The summed E-state index contributed by atoms with van der Waals surface area (Å²) in [5.74, 6) is -4.48. The normalized spacial score (nSPS) is 24.7. The molecule has 0 saturated carbocycles. The number of nitriles is 1. The van der Waals surface area contributed by atoms with E-state index in [0.717, 1.165) is 28.6 Å². The lowest BCUT2D eigenvalue weighted by atomic mass is 9.97. The standard InChI is InChI=1S/C19H14ClF3N6O4S/c20-8-3-14(27-25-11(8)4-24)34-19-18(32)16(17(31)13(6-30)33-19)29-5-12(26-28-29)7-1-9(21)15(23)10(22)2-7/h1-3,5,13,16-19,30-32H,6H2/t13?,16-,17-,18?,19+/m0/s1. The first-order valence-electron chi connectivity index (χ1n) is 9.52. The Hall–Kier alpha value is -2.80. The fraction of sp³-hybridized carbons (Fsp3) is 0.316. The van der Waals surface area contributed by atoms with Gasteiger partial charge in [-0.3, -0.25) is 0 Å². The van der Waals surface area contributed by atoms with Gasteiger partial charge in [0.25, 0.3) is 0 Å². The highest BCUT2D eigenvalue weighted by atomic mass is 35.5. The quantitative estimate of drug-likeness (QED) is 0.427. The Morgan fingerprint density at radius 2 is 1.82 bits per heavy atom. The molecule has 0 radical (unpaired) electrons. The Morgan fingerprint density at radius 1 is 1.12 bits per heavy atom. The zero-order chi connectivity index (χ0) is 24.6. The molecular formula is C19H14ClF3N6O4S. The van der Waals surface area contributed by atoms with Crippen molar-refractivity contribution in [2.45, 2.75) is 34.8 Å². The van der Waals surface area contributed by atoms with Gasteiger partial charge >= 0.3 is 0 Å². The third-order valence-corrected chi connectivity index (χ3v) is 6.36. The van der Waals surface area contributed by atoms with Crippen LogP contribution in [-0.2, 0) is 4.74 Å². The fourth-order valence-corrected chi connectivity index (χ4v) is 4.60. The molecule has 2 unspecified atom stereocenters. The average Bonchev–Trinajstić information content (AvgIpc) is 3.29. The van der Waals surface area contributed by atoms with Crippen molar-refractivity contribution in [3.8, 4) is 17.3 Å². The lowest BCUT2D eigenvalue weighted by molar-refractivity contribution is -0.178. The molecule has 0 spiro atoms. The van der Waals surface area contributed by atoms with Gasteiger partial charge in [0.15, 0.2) is 23.1 Å². The van der Waals surface area contributed by atoms with E-state index in [1.54, 1.807) is 6.07 Å². The van der Waals surface area contributed by atoms with E-state index in [1.165, 1.54) is 12.3 Å². The Morgan fingerprint density at radius 3 is 2.44 bits per heavy atom. The Bertz CT molecular complexity index is 1240. The zero-order valence-electron chi connectivity index (χ0n) is 16.8. The van der Waals surface area contributed by atoms with Crippen LogP contribution in [0.15, 0.2) is 29.4 Å². The van der Waals surface area contributed by atoms with Crippen molar-refractivity contribution in [2.75, 3.05) is 6.61 Å². The average molecular weight is 515 g/mol. The molecule has 178 valence electrons. The van der Waals surface area contributed by atoms with Crippen LogP contribution in [0, 0.1) is 28.8 Å². The summed E-state index contributed by atoms with van der Waals surface area (Å²) in [4.78, 5) is 0. The number of thioether (sulfide) groups is 1. The maximum Gasteiger partial charge on any atom is 0.194 e. The van der Waals surface area contributed by atoms with E-state index in [0.29, 0.717) is 0 Å². The number of ether oxygens (including phenoxy) is 1. The molecule has 3 N–H and O–H groups in total. The second-order valence-corrected chi connectivity index (χ2v) is 8.67. The lowest BCUT2D eigenvalue weighted by Crippen LogP contribution is -2.55. The molecule has 5 atom stereocenters. The molecule has 0 amide bonds. The number of benzene rings is 1. The van der Waals surface area contributed by atoms with Gasteiger partial charge < -0.3 is 20.1 Å². The molecule has 1 saturated heterocycles. The van der Waals surface area contributed by atoms with Gasteiger partial charge in [0.05, 0.1) is 17.8 Å². The van der Waals surface area contributed by atoms with Crippen molar-refractivity contribution in [2.24, 2.45) is 0 Å². The molecule has 3 heterocycles. The van der Waals surface area contributed by atoms with Gasteiger partial charge in [0.1, 0.15) is 46.6 Å². The highest BCUT2D eigenvalue weighted by molar-refractivity contribution is 7.99. The summed E-state index contributed by atoms with van der Waals surface area (Å²) in [6, 6.07) is 3.35. The molecule has 0 aliphatic carbocycles. The summed E-state index contributed by atoms with van der Waals surface area (Å²) in [5.41, 5.74) is -1.37. The summed E-state index contributed by atoms with van der Waals surface area (Å²) in [7, 11) is 0. The molecule has 3 aromatic rings. The van der Waals surface area contributed by atoms with E-state index >= 15 is 0 Å². The number of nitrogens with zero attached hydrogens (tertiary/aromatic N) is 6. The van der Waals surface area contributed by atoms with Gasteiger partial charge in [-0.05, 0) is 18.2 Å². The second-order valence-electron chi connectivity index (χ2n) is 7.14. The number of halogens is 4. The first-order chi connectivity index (χ1) is 16.2. The van der Waals surface area contributed by atoms with Crippen LogP contribution in [0.1, 0.15) is 11.7 Å². The van der Waals surface area contributed by atoms with Gasteiger partial charge in [0.2, 0.25) is 0 Å². The number of hydrogen-bond donors (Lipinski definition) is 3. The second kappa shape index (κ2) is 9.82. The van der Waals surface area contributed by atoms with Gasteiger partial charge in [-0.1, -0.05) is 28.6 Å². The van der Waals surface area contributed by atoms with Crippen LogP contribution < -0.4 is 0 Å². The van der Waals surface area contributed by atoms with E-state index in [-0.39, 0.29) is 27.0 Å². The summed E-state index contributed by atoms with van der Waals surface area (Å²) in [5, 5.41) is 55.5. The number of rotatable bonds is 5. The van der Waals surface area contributed by atoms with Crippen molar-refractivity contribution in [1.29, 1.82) is 5.26 Å². The van der Waals surface area contributed by atoms with Crippen molar-refractivity contribution >= 4 is 23.4 Å². The molecule has 34 heavy (non-hydrogen) atoms. The minimum Gasteiger partial charge on any atom is -0.394 e. The van der Waals surface area contributed by atoms with Crippen LogP contribution in [0.2, 0.25) is 5.02 Å². The van der Waals surface area contributed by atoms with E-state index in [4.69, 9.17) is 21.6 Å². The summed E-state index contributed by atoms with van der Waals surface area (Å²) in [6.07, 6.45) is -2.86. The largest absolute Gasteiger partial charge is 0.394 e.